The summed E-state index contributed by atoms with van der Waals surface area (Å²) in [5, 5.41) is 0. The van der Waals surface area contributed by atoms with Crippen molar-refractivity contribution in [2.24, 2.45) is 0 Å². The first-order valence-corrected chi connectivity index (χ1v) is 11.0. The van der Waals surface area contributed by atoms with Crippen molar-refractivity contribution in [3.63, 3.8) is 0 Å². The van der Waals surface area contributed by atoms with Crippen molar-refractivity contribution in [3.8, 4) is 0 Å². The third-order valence-electron chi connectivity index (χ3n) is 5.44. The van der Waals surface area contributed by atoms with E-state index in [1.165, 1.54) is 16.2 Å². The molecule has 0 spiro atoms. The second-order valence-corrected chi connectivity index (χ2v) is 9.06. The van der Waals surface area contributed by atoms with Crippen LogP contribution in [-0.2, 0) is 22.7 Å². The number of carbonyl (C=O) groups is 2. The van der Waals surface area contributed by atoms with Crippen molar-refractivity contribution < 1.29 is 9.59 Å². The number of carbonyl (C=O) groups excluding carboxylic acids is 2. The smallest absolute Gasteiger partial charge is 0.242 e. The Kier molecular flexibility index (Phi) is 7.26. The van der Waals surface area contributed by atoms with Crippen LogP contribution in [0.25, 0.3) is 0 Å². The van der Waals surface area contributed by atoms with Crippen molar-refractivity contribution >= 4 is 23.2 Å². The molecule has 2 aromatic rings. The van der Waals surface area contributed by atoms with E-state index >= 15 is 0 Å². The lowest BCUT2D eigenvalue weighted by Crippen LogP contribution is -2.47. The number of nitrogens with zero attached hydrogens (tertiary/aromatic N) is 2. The molecule has 1 heterocycles. The summed E-state index contributed by atoms with van der Waals surface area (Å²) in [4.78, 5) is 31.6. The van der Waals surface area contributed by atoms with E-state index in [1.54, 1.807) is 23.2 Å². The molecule has 4 nitrogen and oxygen atoms in total. The maximum atomic E-state index is 13.3. The van der Waals surface area contributed by atoms with Crippen molar-refractivity contribution in [3.05, 3.63) is 57.8 Å². The Labute approximate surface area is 172 Å². The van der Waals surface area contributed by atoms with Crippen LogP contribution >= 0.6 is 11.3 Å². The minimum atomic E-state index is 0.00637. The molecule has 1 aromatic heterocycles. The highest BCUT2D eigenvalue weighted by atomic mass is 32.1. The van der Waals surface area contributed by atoms with Crippen LogP contribution in [-0.4, -0.2) is 34.2 Å². The van der Waals surface area contributed by atoms with Gasteiger partial charge in [-0.2, -0.15) is 0 Å². The van der Waals surface area contributed by atoms with Gasteiger partial charge in [-0.3, -0.25) is 9.59 Å². The summed E-state index contributed by atoms with van der Waals surface area (Å²) in [5.74, 6) is 0.0301. The molecule has 1 fully saturated rings. The van der Waals surface area contributed by atoms with E-state index in [9.17, 15) is 9.59 Å². The predicted octanol–water partition coefficient (Wildman–Crippen LogP) is 4.77. The maximum Gasteiger partial charge on any atom is 0.242 e. The van der Waals surface area contributed by atoms with Gasteiger partial charge in [-0.25, -0.2) is 0 Å². The number of thiophene rings is 1. The monoisotopic (exact) mass is 398 g/mol. The van der Waals surface area contributed by atoms with Gasteiger partial charge in [0, 0.05) is 29.3 Å². The number of amides is 2. The second kappa shape index (κ2) is 9.87. The first-order chi connectivity index (χ1) is 13.5. The van der Waals surface area contributed by atoms with Crippen LogP contribution in [0.1, 0.15) is 54.3 Å². The van der Waals surface area contributed by atoms with Crippen molar-refractivity contribution in [1.82, 2.24) is 9.80 Å². The zero-order valence-electron chi connectivity index (χ0n) is 16.9. The van der Waals surface area contributed by atoms with Crippen molar-refractivity contribution in [2.75, 3.05) is 6.54 Å². The lowest BCUT2D eigenvalue weighted by atomic mass is 9.94. The van der Waals surface area contributed by atoms with Gasteiger partial charge in [-0.1, -0.05) is 49.6 Å². The molecular formula is C23H30N2O2S. The summed E-state index contributed by atoms with van der Waals surface area (Å²) in [6, 6.07) is 14.5. The van der Waals surface area contributed by atoms with E-state index < -0.39 is 0 Å². The lowest BCUT2D eigenvalue weighted by molar-refractivity contribution is -0.142. The van der Waals surface area contributed by atoms with Crippen LogP contribution in [0.15, 0.2) is 42.5 Å². The second-order valence-electron chi connectivity index (χ2n) is 7.69. The summed E-state index contributed by atoms with van der Waals surface area (Å²) < 4.78 is 0. The fourth-order valence-electron chi connectivity index (χ4n) is 3.93. The van der Waals surface area contributed by atoms with E-state index in [-0.39, 0.29) is 24.4 Å². The molecule has 1 aliphatic carbocycles. The lowest BCUT2D eigenvalue weighted by Gasteiger charge is -2.35. The third-order valence-corrected chi connectivity index (χ3v) is 6.42. The number of hydrogen-bond donors (Lipinski definition) is 0. The highest BCUT2D eigenvalue weighted by Gasteiger charge is 2.27. The van der Waals surface area contributed by atoms with Crippen LogP contribution in [0, 0.1) is 6.92 Å². The van der Waals surface area contributed by atoms with Crippen molar-refractivity contribution in [1.29, 1.82) is 0 Å². The summed E-state index contributed by atoms with van der Waals surface area (Å²) in [7, 11) is 0. The molecule has 1 aromatic carbocycles. The van der Waals surface area contributed by atoms with Gasteiger partial charge in [0.05, 0.1) is 6.54 Å². The van der Waals surface area contributed by atoms with E-state index in [4.69, 9.17) is 0 Å². The van der Waals surface area contributed by atoms with Crippen LogP contribution in [0.5, 0.6) is 0 Å². The first-order valence-electron chi connectivity index (χ1n) is 10.2. The average Bonchev–Trinajstić information content (AvgIpc) is 3.11. The molecule has 3 rings (SSSR count). The molecule has 1 aliphatic rings. The Balaban J connectivity index is 1.74. The molecule has 0 N–H and O–H groups in total. The summed E-state index contributed by atoms with van der Waals surface area (Å²) in [6.07, 6.45) is 5.54. The molecule has 0 atom stereocenters. The molecule has 0 unspecified atom stereocenters. The van der Waals surface area contributed by atoms with Gasteiger partial charge in [0.1, 0.15) is 6.54 Å². The molecule has 0 aliphatic heterocycles. The van der Waals surface area contributed by atoms with E-state index in [0.717, 1.165) is 31.2 Å². The van der Waals surface area contributed by atoms with E-state index in [2.05, 4.69) is 19.1 Å². The van der Waals surface area contributed by atoms with E-state index in [1.807, 2.05) is 35.2 Å². The Morgan fingerprint density at radius 3 is 2.32 bits per heavy atom. The fourth-order valence-corrected chi connectivity index (χ4v) is 4.84. The standard InChI is InChI=1S/C23H30N2O2S/c1-18-13-14-22(28-18)16-24(15-20-9-5-3-6-10-20)23(27)17-25(19(2)26)21-11-7-4-8-12-21/h3,5-6,9-10,13-14,21H,4,7-8,11-12,15-17H2,1-2H3. The summed E-state index contributed by atoms with van der Waals surface area (Å²) in [5.41, 5.74) is 1.11. The normalized spacial score (nSPS) is 14.6. The minimum absolute atomic E-state index is 0.00637. The highest BCUT2D eigenvalue weighted by molar-refractivity contribution is 7.11. The Hall–Kier alpha value is -2.14. The molecule has 2 amide bonds. The molecule has 0 saturated heterocycles. The van der Waals surface area contributed by atoms with Crippen LogP contribution in [0.4, 0.5) is 0 Å². The molecule has 150 valence electrons. The zero-order chi connectivity index (χ0) is 19.9. The zero-order valence-corrected chi connectivity index (χ0v) is 17.7. The molecule has 28 heavy (non-hydrogen) atoms. The Morgan fingerprint density at radius 1 is 1.00 bits per heavy atom. The van der Waals surface area contributed by atoms with Gasteiger partial charge < -0.3 is 9.80 Å². The van der Waals surface area contributed by atoms with Crippen molar-refractivity contribution in [2.45, 2.75) is 65.1 Å². The van der Waals surface area contributed by atoms with Crippen LogP contribution in [0.3, 0.4) is 0 Å². The van der Waals surface area contributed by atoms with Gasteiger partial charge in [0.15, 0.2) is 0 Å². The topological polar surface area (TPSA) is 40.6 Å². The molecular weight excluding hydrogens is 368 g/mol. The number of rotatable bonds is 7. The molecule has 0 bridgehead atoms. The number of hydrogen-bond acceptors (Lipinski definition) is 3. The van der Waals surface area contributed by atoms with Crippen LogP contribution in [0.2, 0.25) is 0 Å². The van der Waals surface area contributed by atoms with Gasteiger partial charge >= 0.3 is 0 Å². The van der Waals surface area contributed by atoms with E-state index in [0.29, 0.717) is 13.1 Å². The highest BCUT2D eigenvalue weighted by Crippen LogP contribution is 2.24. The predicted molar refractivity (Wildman–Crippen MR) is 114 cm³/mol. The average molecular weight is 399 g/mol. The Bertz CT molecular complexity index is 781. The van der Waals surface area contributed by atoms with Gasteiger partial charge in [-0.05, 0) is 37.5 Å². The third kappa shape index (κ3) is 5.68. The van der Waals surface area contributed by atoms with Gasteiger partial charge in [0.25, 0.3) is 0 Å². The molecule has 0 radical (unpaired) electrons. The SMILES string of the molecule is CC(=O)N(CC(=O)N(Cc1ccccc1)Cc1ccc(C)s1)C1CCCCC1. The fraction of sp³-hybridized carbons (Fsp3) is 0.478. The number of aryl methyl sites for hydroxylation is 1. The molecule has 5 heteroatoms. The molecule has 1 saturated carbocycles. The minimum Gasteiger partial charge on any atom is -0.332 e. The number of benzene rings is 1. The summed E-state index contributed by atoms with van der Waals surface area (Å²) >= 11 is 1.72. The quantitative estimate of drug-likeness (QED) is 0.674. The van der Waals surface area contributed by atoms with Gasteiger partial charge in [-0.15, -0.1) is 11.3 Å². The first kappa shape index (κ1) is 20.6. The van der Waals surface area contributed by atoms with Crippen LogP contribution < -0.4 is 0 Å². The van der Waals surface area contributed by atoms with Gasteiger partial charge in [0.2, 0.25) is 11.8 Å². The summed E-state index contributed by atoms with van der Waals surface area (Å²) in [6.45, 7) is 5.00. The largest absolute Gasteiger partial charge is 0.332 e. The maximum absolute atomic E-state index is 13.3. The Morgan fingerprint density at radius 2 is 1.71 bits per heavy atom.